The third-order valence-electron chi connectivity index (χ3n) is 6.39. The van der Waals surface area contributed by atoms with Gasteiger partial charge in [0.2, 0.25) is 0 Å². The molecule has 3 heterocycles. The first-order valence-electron chi connectivity index (χ1n) is 10.6. The van der Waals surface area contributed by atoms with Gasteiger partial charge < -0.3 is 15.4 Å². The second-order valence-electron chi connectivity index (χ2n) is 8.56. The van der Waals surface area contributed by atoms with Gasteiger partial charge in [0.05, 0.1) is 18.2 Å². The van der Waals surface area contributed by atoms with Crippen molar-refractivity contribution < 1.29 is 4.74 Å². The number of aliphatic imine (C=N–C) groups is 1. The van der Waals surface area contributed by atoms with Crippen LogP contribution in [0.15, 0.2) is 29.3 Å². The standard InChI is InChI=1S/C22H34N4O.HI/c1-16-8-10-26(11-9-16)15-18-5-3-4-17(12-18)14-24-22(23-2)25-20-13-19-6-7-21(20)27-19;/h3-5,12,16,19-21H,6-11,13-15H2,1-2H3,(H2,23,24,25);1H. The van der Waals surface area contributed by atoms with Crippen molar-refractivity contribution in [1.82, 2.24) is 15.5 Å². The van der Waals surface area contributed by atoms with Gasteiger partial charge in [0.25, 0.3) is 0 Å². The summed E-state index contributed by atoms with van der Waals surface area (Å²) in [5, 5.41) is 7.04. The Morgan fingerprint density at radius 2 is 1.96 bits per heavy atom. The van der Waals surface area contributed by atoms with Crippen LogP contribution in [0.5, 0.6) is 0 Å². The van der Waals surface area contributed by atoms with E-state index in [2.05, 4.69) is 51.7 Å². The van der Waals surface area contributed by atoms with Gasteiger partial charge in [-0.2, -0.15) is 0 Å². The van der Waals surface area contributed by atoms with E-state index in [9.17, 15) is 0 Å². The number of halogens is 1. The molecule has 1 aromatic rings. The normalized spacial score (nSPS) is 28.2. The number of nitrogens with zero attached hydrogens (tertiary/aromatic N) is 2. The molecule has 0 spiro atoms. The number of nitrogens with one attached hydrogen (secondary N) is 2. The van der Waals surface area contributed by atoms with Crippen LogP contribution in [-0.4, -0.2) is 49.2 Å². The lowest BCUT2D eigenvalue weighted by atomic mass is 9.96. The molecular formula is C22H35IN4O. The zero-order valence-corrected chi connectivity index (χ0v) is 19.5. The molecule has 3 saturated heterocycles. The second-order valence-corrected chi connectivity index (χ2v) is 8.56. The average Bonchev–Trinajstić information content (AvgIpc) is 3.30. The number of ether oxygens (including phenoxy) is 1. The summed E-state index contributed by atoms with van der Waals surface area (Å²) >= 11 is 0. The highest BCUT2D eigenvalue weighted by Gasteiger charge is 2.41. The molecule has 0 radical (unpaired) electrons. The van der Waals surface area contributed by atoms with Gasteiger partial charge in [-0.15, -0.1) is 24.0 Å². The van der Waals surface area contributed by atoms with E-state index in [-0.39, 0.29) is 24.0 Å². The van der Waals surface area contributed by atoms with E-state index in [4.69, 9.17) is 4.74 Å². The van der Waals surface area contributed by atoms with Gasteiger partial charge >= 0.3 is 0 Å². The Hall–Kier alpha value is -0.860. The number of hydrogen-bond acceptors (Lipinski definition) is 3. The summed E-state index contributed by atoms with van der Waals surface area (Å²) in [6.45, 7) is 6.69. The number of rotatable bonds is 5. The SMILES string of the molecule is CN=C(NCc1cccc(CN2CCC(C)CC2)c1)NC1CC2CCC1O2.I. The molecule has 0 saturated carbocycles. The first kappa shape index (κ1) is 21.8. The molecule has 0 aromatic heterocycles. The number of benzene rings is 1. The summed E-state index contributed by atoms with van der Waals surface area (Å²) in [6, 6.07) is 9.37. The van der Waals surface area contributed by atoms with Crippen LogP contribution in [0.4, 0.5) is 0 Å². The summed E-state index contributed by atoms with van der Waals surface area (Å²) in [4.78, 5) is 6.99. The molecule has 5 nitrogen and oxygen atoms in total. The Morgan fingerprint density at radius 3 is 2.64 bits per heavy atom. The monoisotopic (exact) mass is 498 g/mol. The van der Waals surface area contributed by atoms with Crippen molar-refractivity contribution in [1.29, 1.82) is 0 Å². The fourth-order valence-corrected chi connectivity index (χ4v) is 4.66. The summed E-state index contributed by atoms with van der Waals surface area (Å²) in [7, 11) is 1.84. The number of likely N-dealkylation sites (tertiary alicyclic amines) is 1. The van der Waals surface area contributed by atoms with Crippen LogP contribution in [0.3, 0.4) is 0 Å². The largest absolute Gasteiger partial charge is 0.373 e. The Bertz CT molecular complexity index is 660. The van der Waals surface area contributed by atoms with E-state index >= 15 is 0 Å². The quantitative estimate of drug-likeness (QED) is 0.371. The molecule has 3 aliphatic heterocycles. The molecular weight excluding hydrogens is 463 g/mol. The van der Waals surface area contributed by atoms with Crippen molar-refractivity contribution in [3.8, 4) is 0 Å². The summed E-state index contributed by atoms with van der Waals surface area (Å²) in [5.74, 6) is 1.77. The average molecular weight is 498 g/mol. The van der Waals surface area contributed by atoms with Gasteiger partial charge in [-0.3, -0.25) is 9.89 Å². The number of guanidine groups is 1. The molecule has 3 unspecified atom stereocenters. The smallest absolute Gasteiger partial charge is 0.191 e. The second kappa shape index (κ2) is 10.3. The summed E-state index contributed by atoms with van der Waals surface area (Å²) in [5.41, 5.74) is 2.72. The maximum absolute atomic E-state index is 5.94. The topological polar surface area (TPSA) is 48.9 Å². The van der Waals surface area contributed by atoms with E-state index in [1.165, 1.54) is 49.9 Å². The minimum Gasteiger partial charge on any atom is -0.373 e. The molecule has 3 aliphatic rings. The van der Waals surface area contributed by atoms with Crippen LogP contribution in [0.2, 0.25) is 0 Å². The molecule has 2 N–H and O–H groups in total. The van der Waals surface area contributed by atoms with E-state index in [0.717, 1.165) is 31.4 Å². The Kier molecular flexibility index (Phi) is 8.00. The fraction of sp³-hybridized carbons (Fsp3) is 0.682. The van der Waals surface area contributed by atoms with Gasteiger partial charge in [0.15, 0.2) is 5.96 Å². The predicted octanol–water partition coefficient (Wildman–Crippen LogP) is 3.52. The van der Waals surface area contributed by atoms with Crippen LogP contribution < -0.4 is 10.6 Å². The lowest BCUT2D eigenvalue weighted by Gasteiger charge is -2.30. The number of hydrogen-bond donors (Lipinski definition) is 2. The van der Waals surface area contributed by atoms with Crippen LogP contribution in [0.25, 0.3) is 0 Å². The van der Waals surface area contributed by atoms with Crippen LogP contribution in [0, 0.1) is 5.92 Å². The lowest BCUT2D eigenvalue weighted by Crippen LogP contribution is -2.47. The van der Waals surface area contributed by atoms with Crippen LogP contribution >= 0.6 is 24.0 Å². The van der Waals surface area contributed by atoms with Crippen molar-refractivity contribution in [2.45, 2.75) is 70.4 Å². The summed E-state index contributed by atoms with van der Waals surface area (Å²) < 4.78 is 5.94. The van der Waals surface area contributed by atoms with Crippen LogP contribution in [0.1, 0.15) is 50.2 Å². The van der Waals surface area contributed by atoms with Gasteiger partial charge in [-0.05, 0) is 62.2 Å². The van der Waals surface area contributed by atoms with E-state index in [1.54, 1.807) is 0 Å². The predicted molar refractivity (Wildman–Crippen MR) is 125 cm³/mol. The first-order chi connectivity index (χ1) is 13.2. The van der Waals surface area contributed by atoms with Crippen molar-refractivity contribution in [2.24, 2.45) is 10.9 Å². The zero-order chi connectivity index (χ0) is 18.6. The van der Waals surface area contributed by atoms with Crippen molar-refractivity contribution in [3.63, 3.8) is 0 Å². The maximum atomic E-state index is 5.94. The third kappa shape index (κ3) is 5.60. The first-order valence-corrected chi connectivity index (χ1v) is 10.6. The molecule has 156 valence electrons. The third-order valence-corrected chi connectivity index (χ3v) is 6.39. The van der Waals surface area contributed by atoms with Gasteiger partial charge in [0, 0.05) is 20.1 Å². The highest BCUT2D eigenvalue weighted by Crippen LogP contribution is 2.34. The Balaban J connectivity index is 0.00000225. The van der Waals surface area contributed by atoms with E-state index in [1.807, 2.05) is 7.05 Å². The molecule has 6 heteroatoms. The van der Waals surface area contributed by atoms with Gasteiger partial charge in [-0.25, -0.2) is 0 Å². The molecule has 0 amide bonds. The maximum Gasteiger partial charge on any atom is 0.191 e. The molecule has 28 heavy (non-hydrogen) atoms. The molecule has 2 bridgehead atoms. The molecule has 0 aliphatic carbocycles. The minimum absolute atomic E-state index is 0. The van der Waals surface area contributed by atoms with Crippen molar-refractivity contribution in [2.75, 3.05) is 20.1 Å². The van der Waals surface area contributed by atoms with E-state index in [0.29, 0.717) is 18.2 Å². The highest BCUT2D eigenvalue weighted by atomic mass is 127. The zero-order valence-electron chi connectivity index (χ0n) is 17.2. The highest BCUT2D eigenvalue weighted by molar-refractivity contribution is 14.0. The number of piperidine rings is 1. The number of fused-ring (bicyclic) bond motifs is 2. The van der Waals surface area contributed by atoms with Gasteiger partial charge in [-0.1, -0.05) is 31.2 Å². The van der Waals surface area contributed by atoms with E-state index < -0.39 is 0 Å². The lowest BCUT2D eigenvalue weighted by molar-refractivity contribution is 0.0992. The fourth-order valence-electron chi connectivity index (χ4n) is 4.66. The molecule has 1 aromatic carbocycles. The molecule has 3 fully saturated rings. The molecule has 3 atom stereocenters. The Labute approximate surface area is 186 Å². The molecule has 4 rings (SSSR count). The summed E-state index contributed by atoms with van der Waals surface area (Å²) in [6.07, 6.45) is 6.99. The van der Waals surface area contributed by atoms with Crippen LogP contribution in [-0.2, 0) is 17.8 Å². The van der Waals surface area contributed by atoms with Gasteiger partial charge in [0.1, 0.15) is 0 Å². The van der Waals surface area contributed by atoms with Crippen molar-refractivity contribution in [3.05, 3.63) is 35.4 Å². The minimum atomic E-state index is 0. The van der Waals surface area contributed by atoms with Crippen molar-refractivity contribution >= 4 is 29.9 Å². The Morgan fingerprint density at radius 1 is 1.18 bits per heavy atom.